The molecular weight excluding hydrogens is 344 g/mol. The van der Waals surface area contributed by atoms with Crippen LogP contribution in [0.25, 0.3) is 0 Å². The second-order valence-electron chi connectivity index (χ2n) is 4.24. The first-order valence-electron chi connectivity index (χ1n) is 6.95. The average Bonchev–Trinajstić information content (AvgIpc) is 2.53. The number of hydrogen-bond donors (Lipinski definition) is 2. The third-order valence-corrected chi connectivity index (χ3v) is 3.36. The van der Waals surface area contributed by atoms with Crippen molar-refractivity contribution in [2.24, 2.45) is 5.10 Å². The van der Waals surface area contributed by atoms with Gasteiger partial charge < -0.3 is 5.11 Å². The number of benzene rings is 2. The third kappa shape index (κ3) is 5.00. The minimum absolute atomic E-state index is 0.113. The molecule has 2 rings (SSSR count). The lowest BCUT2D eigenvalue weighted by atomic mass is 10.1. The van der Waals surface area contributed by atoms with Crippen LogP contribution in [-0.2, 0) is 0 Å². The standard InChI is InChI=1S/C15H13BrN2O2.C2H6/c1-10-6-7-13(16)12(8-10)15(20)18-17-9-11-4-2-3-5-14(11)19;1-2/h2-9,19H,1H3,(H,18,20);1-2H3/b17-9+;. The smallest absolute Gasteiger partial charge is 0.272 e. The molecule has 0 radical (unpaired) electrons. The number of amides is 1. The number of nitrogens with one attached hydrogen (secondary N) is 1. The summed E-state index contributed by atoms with van der Waals surface area (Å²) in [5.74, 6) is -0.200. The molecular formula is C17H19BrN2O2. The van der Waals surface area contributed by atoms with Gasteiger partial charge in [0, 0.05) is 10.0 Å². The van der Waals surface area contributed by atoms with Gasteiger partial charge in [-0.05, 0) is 47.1 Å². The van der Waals surface area contributed by atoms with Gasteiger partial charge in [-0.2, -0.15) is 5.10 Å². The predicted molar refractivity (Wildman–Crippen MR) is 93.4 cm³/mol. The lowest BCUT2D eigenvalue weighted by Crippen LogP contribution is -2.18. The number of phenols is 1. The fourth-order valence-electron chi connectivity index (χ4n) is 1.63. The third-order valence-electron chi connectivity index (χ3n) is 2.67. The molecule has 0 aliphatic heterocycles. The molecule has 0 unspecified atom stereocenters. The van der Waals surface area contributed by atoms with Gasteiger partial charge in [0.25, 0.3) is 5.91 Å². The van der Waals surface area contributed by atoms with Crippen molar-refractivity contribution in [2.45, 2.75) is 20.8 Å². The Kier molecular flexibility index (Phi) is 7.32. The van der Waals surface area contributed by atoms with Gasteiger partial charge in [0.1, 0.15) is 5.75 Å². The van der Waals surface area contributed by atoms with E-state index in [-0.39, 0.29) is 11.7 Å². The molecule has 22 heavy (non-hydrogen) atoms. The highest BCUT2D eigenvalue weighted by Gasteiger charge is 2.09. The van der Waals surface area contributed by atoms with E-state index in [9.17, 15) is 9.90 Å². The summed E-state index contributed by atoms with van der Waals surface area (Å²) in [7, 11) is 0. The van der Waals surface area contributed by atoms with Crippen LogP contribution in [0.2, 0.25) is 0 Å². The second-order valence-corrected chi connectivity index (χ2v) is 5.10. The fraction of sp³-hybridized carbons (Fsp3) is 0.176. The molecule has 1 amide bonds. The maximum Gasteiger partial charge on any atom is 0.272 e. The predicted octanol–water partition coefficient (Wildman–Crippen LogP) is 4.25. The van der Waals surface area contributed by atoms with Crippen LogP contribution in [0.4, 0.5) is 0 Å². The molecule has 116 valence electrons. The molecule has 0 aliphatic rings. The average molecular weight is 363 g/mol. The Hall–Kier alpha value is -2.14. The normalized spacial score (nSPS) is 10.0. The summed E-state index contributed by atoms with van der Waals surface area (Å²) in [5.41, 5.74) is 4.47. The molecule has 0 heterocycles. The van der Waals surface area contributed by atoms with Crippen molar-refractivity contribution in [1.29, 1.82) is 0 Å². The lowest BCUT2D eigenvalue weighted by Gasteiger charge is -2.04. The highest BCUT2D eigenvalue weighted by molar-refractivity contribution is 9.10. The lowest BCUT2D eigenvalue weighted by molar-refractivity contribution is 0.0954. The molecule has 0 bridgehead atoms. The van der Waals surface area contributed by atoms with E-state index in [2.05, 4.69) is 26.5 Å². The first kappa shape index (κ1) is 17.9. The van der Waals surface area contributed by atoms with Gasteiger partial charge in [0.15, 0.2) is 0 Å². The van der Waals surface area contributed by atoms with Crippen molar-refractivity contribution in [3.8, 4) is 5.75 Å². The van der Waals surface area contributed by atoms with Crippen LogP contribution in [0.1, 0.15) is 35.3 Å². The number of rotatable bonds is 3. The summed E-state index contributed by atoms with van der Waals surface area (Å²) < 4.78 is 0.707. The van der Waals surface area contributed by atoms with Crippen molar-refractivity contribution < 1.29 is 9.90 Å². The van der Waals surface area contributed by atoms with Crippen LogP contribution in [0.15, 0.2) is 52.0 Å². The van der Waals surface area contributed by atoms with E-state index in [0.717, 1.165) is 5.56 Å². The number of hydrogen-bond acceptors (Lipinski definition) is 3. The quantitative estimate of drug-likeness (QED) is 0.633. The Labute approximate surface area is 139 Å². The first-order chi connectivity index (χ1) is 10.6. The Morgan fingerprint density at radius 2 is 1.91 bits per heavy atom. The first-order valence-corrected chi connectivity index (χ1v) is 7.75. The van der Waals surface area contributed by atoms with E-state index in [1.54, 1.807) is 30.3 Å². The molecule has 2 aromatic rings. The summed E-state index contributed by atoms with van der Waals surface area (Å²) in [6.07, 6.45) is 1.40. The minimum atomic E-state index is -0.313. The van der Waals surface area contributed by atoms with Gasteiger partial charge in [-0.25, -0.2) is 5.43 Å². The van der Waals surface area contributed by atoms with Crippen molar-refractivity contribution in [3.05, 3.63) is 63.6 Å². The van der Waals surface area contributed by atoms with Gasteiger partial charge in [0.05, 0.1) is 11.8 Å². The molecule has 0 aromatic heterocycles. The molecule has 0 atom stereocenters. The molecule has 2 aromatic carbocycles. The molecule has 0 saturated carbocycles. The highest BCUT2D eigenvalue weighted by atomic mass is 79.9. The maximum absolute atomic E-state index is 12.0. The minimum Gasteiger partial charge on any atom is -0.507 e. The number of para-hydroxylation sites is 1. The molecule has 0 saturated heterocycles. The summed E-state index contributed by atoms with van der Waals surface area (Å²) in [6.45, 7) is 5.91. The fourth-order valence-corrected chi connectivity index (χ4v) is 2.06. The van der Waals surface area contributed by atoms with E-state index in [1.807, 2.05) is 32.9 Å². The Bertz CT molecular complexity index is 669. The van der Waals surface area contributed by atoms with Crippen molar-refractivity contribution in [1.82, 2.24) is 5.43 Å². The summed E-state index contributed by atoms with van der Waals surface area (Å²) >= 11 is 3.33. The number of phenolic OH excluding ortho intramolecular Hbond substituents is 1. The topological polar surface area (TPSA) is 61.7 Å². The highest BCUT2D eigenvalue weighted by Crippen LogP contribution is 2.18. The maximum atomic E-state index is 12.0. The molecule has 0 aliphatic carbocycles. The number of aromatic hydroxyl groups is 1. The number of carbonyl (C=O) groups excluding carboxylic acids is 1. The van der Waals surface area contributed by atoms with E-state index < -0.39 is 0 Å². The van der Waals surface area contributed by atoms with Crippen LogP contribution in [-0.4, -0.2) is 17.2 Å². The number of carbonyl (C=O) groups is 1. The SMILES string of the molecule is CC.Cc1ccc(Br)c(C(=O)N/N=C/c2ccccc2O)c1. The van der Waals surface area contributed by atoms with Crippen molar-refractivity contribution in [2.75, 3.05) is 0 Å². The number of halogens is 1. The van der Waals surface area contributed by atoms with Crippen LogP contribution < -0.4 is 5.43 Å². The van der Waals surface area contributed by atoms with Gasteiger partial charge in [0.2, 0.25) is 0 Å². The van der Waals surface area contributed by atoms with E-state index in [1.165, 1.54) is 6.21 Å². The zero-order chi connectivity index (χ0) is 16.5. The van der Waals surface area contributed by atoms with Gasteiger partial charge in [-0.15, -0.1) is 0 Å². The molecule has 0 spiro atoms. The largest absolute Gasteiger partial charge is 0.507 e. The zero-order valence-corrected chi connectivity index (χ0v) is 14.4. The Morgan fingerprint density at radius 1 is 1.23 bits per heavy atom. The van der Waals surface area contributed by atoms with Crippen LogP contribution in [0, 0.1) is 6.92 Å². The van der Waals surface area contributed by atoms with Gasteiger partial charge in [-0.1, -0.05) is 37.6 Å². The monoisotopic (exact) mass is 362 g/mol. The number of aryl methyl sites for hydroxylation is 1. The van der Waals surface area contributed by atoms with E-state index in [0.29, 0.717) is 15.6 Å². The number of hydrazone groups is 1. The van der Waals surface area contributed by atoms with Crippen LogP contribution in [0.3, 0.4) is 0 Å². The molecule has 0 fully saturated rings. The van der Waals surface area contributed by atoms with Crippen LogP contribution >= 0.6 is 15.9 Å². The zero-order valence-electron chi connectivity index (χ0n) is 12.8. The van der Waals surface area contributed by atoms with Gasteiger partial charge >= 0.3 is 0 Å². The summed E-state index contributed by atoms with van der Waals surface area (Å²) in [5, 5.41) is 13.4. The van der Waals surface area contributed by atoms with E-state index in [4.69, 9.17) is 0 Å². The summed E-state index contributed by atoms with van der Waals surface area (Å²) in [4.78, 5) is 12.0. The van der Waals surface area contributed by atoms with Crippen molar-refractivity contribution in [3.63, 3.8) is 0 Å². The Morgan fingerprint density at radius 3 is 2.59 bits per heavy atom. The van der Waals surface area contributed by atoms with E-state index >= 15 is 0 Å². The number of nitrogens with zero attached hydrogens (tertiary/aromatic N) is 1. The summed E-state index contributed by atoms with van der Waals surface area (Å²) in [6, 6.07) is 12.3. The molecule has 4 nitrogen and oxygen atoms in total. The molecule has 5 heteroatoms. The molecule has 2 N–H and O–H groups in total. The van der Waals surface area contributed by atoms with Gasteiger partial charge in [-0.3, -0.25) is 4.79 Å². The van der Waals surface area contributed by atoms with Crippen molar-refractivity contribution >= 4 is 28.1 Å². The van der Waals surface area contributed by atoms with Crippen LogP contribution in [0.5, 0.6) is 5.75 Å². The second kappa shape index (κ2) is 9.00. The Balaban J connectivity index is 0.00000116.